The number of nitro benzene ring substituents is 1. The maximum Gasteiger partial charge on any atom is 0.270 e. The second kappa shape index (κ2) is 5.82. The van der Waals surface area contributed by atoms with Crippen LogP contribution in [0.5, 0.6) is 0 Å². The molecule has 5 heteroatoms. The first-order valence-corrected chi connectivity index (χ1v) is 6.56. The molecule has 1 rings (SSSR count). The van der Waals surface area contributed by atoms with Crippen LogP contribution >= 0.6 is 34.2 Å². The number of nitro groups is 1. The highest BCUT2D eigenvalue weighted by Crippen LogP contribution is 2.31. The van der Waals surface area contributed by atoms with Crippen LogP contribution < -0.4 is 0 Å². The molecule has 3 nitrogen and oxygen atoms in total. The van der Waals surface area contributed by atoms with E-state index in [4.69, 9.17) is 11.6 Å². The molecule has 1 aromatic carbocycles. The fraction of sp³-hybridized carbons (Fsp3) is 0.455. The first-order valence-electron chi connectivity index (χ1n) is 5.05. The van der Waals surface area contributed by atoms with Crippen LogP contribution in [0.1, 0.15) is 31.7 Å². The Kier molecular flexibility index (Phi) is 4.98. The zero-order valence-corrected chi connectivity index (χ0v) is 12.0. The van der Waals surface area contributed by atoms with E-state index >= 15 is 0 Å². The minimum atomic E-state index is -0.380. The Morgan fingerprint density at radius 1 is 1.56 bits per heavy atom. The van der Waals surface area contributed by atoms with Crippen LogP contribution in [0.25, 0.3) is 0 Å². The molecule has 0 N–H and O–H groups in total. The lowest BCUT2D eigenvalue weighted by Gasteiger charge is -2.18. The summed E-state index contributed by atoms with van der Waals surface area (Å²) in [6.07, 6.45) is 0.885. The highest BCUT2D eigenvalue weighted by atomic mass is 127. The van der Waals surface area contributed by atoms with E-state index in [0.29, 0.717) is 0 Å². The lowest BCUT2D eigenvalue weighted by Crippen LogP contribution is -2.09. The van der Waals surface area contributed by atoms with Gasteiger partial charge in [-0.1, -0.05) is 19.9 Å². The summed E-state index contributed by atoms with van der Waals surface area (Å²) in [7, 11) is 0. The molecule has 2 unspecified atom stereocenters. The molecule has 16 heavy (non-hydrogen) atoms. The van der Waals surface area contributed by atoms with Crippen molar-refractivity contribution in [2.75, 3.05) is 0 Å². The third-order valence-corrected chi connectivity index (χ3v) is 4.24. The van der Waals surface area contributed by atoms with Gasteiger partial charge in [0.05, 0.1) is 4.92 Å². The van der Waals surface area contributed by atoms with Gasteiger partial charge in [-0.3, -0.25) is 10.1 Å². The van der Waals surface area contributed by atoms with E-state index in [9.17, 15) is 10.1 Å². The van der Waals surface area contributed by atoms with E-state index in [-0.39, 0.29) is 21.9 Å². The van der Waals surface area contributed by atoms with E-state index in [2.05, 4.69) is 22.6 Å². The summed E-state index contributed by atoms with van der Waals surface area (Å²) < 4.78 is 0.901. The summed E-state index contributed by atoms with van der Waals surface area (Å²) in [5.74, 6) is 0.208. The Morgan fingerprint density at radius 2 is 2.19 bits per heavy atom. The Bertz CT molecular complexity index is 398. The maximum absolute atomic E-state index is 10.6. The summed E-state index contributed by atoms with van der Waals surface area (Å²) in [6, 6.07) is 4.93. The van der Waals surface area contributed by atoms with Gasteiger partial charge in [0.15, 0.2) is 0 Å². The second-order valence-electron chi connectivity index (χ2n) is 3.68. The predicted octanol–water partition coefficient (Wildman–Crippen LogP) is 4.32. The van der Waals surface area contributed by atoms with Crippen LogP contribution in [0.15, 0.2) is 18.2 Å². The number of non-ortho nitro benzene ring substituents is 1. The SMILES string of the molecule is CCC(Cl)C(C)c1ccc([N+](=O)[O-])cc1I. The summed E-state index contributed by atoms with van der Waals surface area (Å²) in [5, 5.41) is 10.7. The van der Waals surface area contributed by atoms with Crippen molar-refractivity contribution in [1.82, 2.24) is 0 Å². The monoisotopic (exact) mass is 353 g/mol. The van der Waals surface area contributed by atoms with Gasteiger partial charge in [-0.25, -0.2) is 0 Å². The van der Waals surface area contributed by atoms with Crippen LogP contribution in [-0.2, 0) is 0 Å². The molecule has 0 bridgehead atoms. The quantitative estimate of drug-likeness (QED) is 0.350. The smallest absolute Gasteiger partial charge is 0.258 e. The van der Waals surface area contributed by atoms with Gasteiger partial charge in [0.2, 0.25) is 0 Å². The van der Waals surface area contributed by atoms with Gasteiger partial charge < -0.3 is 0 Å². The third-order valence-electron chi connectivity index (χ3n) is 2.62. The molecule has 88 valence electrons. The van der Waals surface area contributed by atoms with Gasteiger partial charge in [0, 0.05) is 21.1 Å². The molecule has 0 aliphatic heterocycles. The van der Waals surface area contributed by atoms with E-state index in [0.717, 1.165) is 15.6 Å². The Morgan fingerprint density at radius 3 is 2.62 bits per heavy atom. The normalized spacial score (nSPS) is 14.5. The molecule has 0 saturated heterocycles. The summed E-state index contributed by atoms with van der Waals surface area (Å²) in [5.41, 5.74) is 1.20. The number of alkyl halides is 1. The van der Waals surface area contributed by atoms with Crippen LogP contribution in [-0.4, -0.2) is 10.3 Å². The van der Waals surface area contributed by atoms with Crippen molar-refractivity contribution in [2.45, 2.75) is 31.6 Å². The zero-order valence-electron chi connectivity index (χ0n) is 9.11. The van der Waals surface area contributed by atoms with E-state index in [1.54, 1.807) is 12.1 Å². The van der Waals surface area contributed by atoms with Crippen molar-refractivity contribution in [3.05, 3.63) is 37.4 Å². The number of nitrogens with zero attached hydrogens (tertiary/aromatic N) is 1. The van der Waals surface area contributed by atoms with E-state index in [1.807, 2.05) is 13.8 Å². The number of halogens is 2. The summed E-state index contributed by atoms with van der Waals surface area (Å²) >= 11 is 8.31. The van der Waals surface area contributed by atoms with Crippen molar-refractivity contribution in [3.8, 4) is 0 Å². The third kappa shape index (κ3) is 3.07. The van der Waals surface area contributed by atoms with Gasteiger partial charge in [-0.15, -0.1) is 11.6 Å². The highest BCUT2D eigenvalue weighted by Gasteiger charge is 2.18. The zero-order chi connectivity index (χ0) is 12.3. The van der Waals surface area contributed by atoms with Crippen molar-refractivity contribution in [3.63, 3.8) is 0 Å². The Balaban J connectivity index is 3.03. The first kappa shape index (κ1) is 13.7. The lowest BCUT2D eigenvalue weighted by molar-refractivity contribution is -0.385. The standard InChI is InChI=1S/C11H13ClINO2/c1-3-10(12)7(2)9-5-4-8(14(15)16)6-11(9)13/h4-7,10H,3H2,1-2H3. The topological polar surface area (TPSA) is 43.1 Å². The molecule has 0 amide bonds. The number of rotatable bonds is 4. The minimum absolute atomic E-state index is 0.0648. The Hall–Kier alpha value is -0.360. The van der Waals surface area contributed by atoms with Gasteiger partial charge >= 0.3 is 0 Å². The van der Waals surface area contributed by atoms with Gasteiger partial charge in [0.25, 0.3) is 5.69 Å². The average Bonchev–Trinajstić information content (AvgIpc) is 2.26. The van der Waals surface area contributed by atoms with Crippen LogP contribution in [0, 0.1) is 13.7 Å². The molecule has 0 spiro atoms. The molecule has 0 fully saturated rings. The molecule has 0 heterocycles. The molecule has 1 aromatic rings. The van der Waals surface area contributed by atoms with Crippen LogP contribution in [0.4, 0.5) is 5.69 Å². The second-order valence-corrected chi connectivity index (χ2v) is 5.40. The highest BCUT2D eigenvalue weighted by molar-refractivity contribution is 14.1. The van der Waals surface area contributed by atoms with E-state index in [1.165, 1.54) is 6.07 Å². The predicted molar refractivity (Wildman–Crippen MR) is 74.2 cm³/mol. The molecular formula is C11H13ClINO2. The minimum Gasteiger partial charge on any atom is -0.258 e. The maximum atomic E-state index is 10.6. The van der Waals surface area contributed by atoms with Crippen LogP contribution in [0.2, 0.25) is 0 Å². The lowest BCUT2D eigenvalue weighted by atomic mass is 9.96. The molecule has 0 radical (unpaired) electrons. The van der Waals surface area contributed by atoms with Gasteiger partial charge in [-0.05, 0) is 40.5 Å². The fourth-order valence-electron chi connectivity index (χ4n) is 1.55. The Labute approximate surface area is 113 Å². The summed E-state index contributed by atoms with van der Waals surface area (Å²) in [6.45, 7) is 4.08. The van der Waals surface area contributed by atoms with Crippen LogP contribution in [0.3, 0.4) is 0 Å². The first-order chi connectivity index (χ1) is 7.47. The van der Waals surface area contributed by atoms with Crippen molar-refractivity contribution < 1.29 is 4.92 Å². The molecule has 0 saturated carbocycles. The average molecular weight is 354 g/mol. The van der Waals surface area contributed by atoms with Crippen molar-refractivity contribution in [1.29, 1.82) is 0 Å². The number of hydrogen-bond donors (Lipinski definition) is 0. The summed E-state index contributed by atoms with van der Waals surface area (Å²) in [4.78, 5) is 10.2. The molecule has 0 aliphatic rings. The number of hydrogen-bond acceptors (Lipinski definition) is 2. The molecule has 0 aromatic heterocycles. The van der Waals surface area contributed by atoms with Gasteiger partial charge in [-0.2, -0.15) is 0 Å². The number of benzene rings is 1. The van der Waals surface area contributed by atoms with Gasteiger partial charge in [0.1, 0.15) is 0 Å². The molecule has 2 atom stereocenters. The molecule has 0 aliphatic carbocycles. The molecular weight excluding hydrogens is 340 g/mol. The van der Waals surface area contributed by atoms with Crippen molar-refractivity contribution >= 4 is 39.9 Å². The largest absolute Gasteiger partial charge is 0.270 e. The fourth-order valence-corrected chi connectivity index (χ4v) is 2.67. The van der Waals surface area contributed by atoms with Crippen molar-refractivity contribution in [2.24, 2.45) is 0 Å². The van der Waals surface area contributed by atoms with E-state index < -0.39 is 0 Å².